The zero-order valence-electron chi connectivity index (χ0n) is 16.8. The number of ether oxygens (including phenoxy) is 2. The first-order chi connectivity index (χ1) is 14.8. The molecule has 31 heavy (non-hydrogen) atoms. The van der Waals surface area contributed by atoms with Crippen molar-refractivity contribution >= 4 is 29.3 Å². The number of amides is 2. The molecule has 164 valence electrons. The molecule has 6 nitrogen and oxygen atoms in total. The number of hydrogen-bond donors (Lipinski definition) is 1. The zero-order valence-corrected chi connectivity index (χ0v) is 17.5. The number of nitrogens with zero attached hydrogens (tertiary/aromatic N) is 1. The Labute approximate surface area is 183 Å². The maximum atomic E-state index is 14.7. The third-order valence-corrected chi connectivity index (χ3v) is 5.89. The normalized spacial score (nSPS) is 19.7. The summed E-state index contributed by atoms with van der Waals surface area (Å²) >= 11 is 5.77. The molecule has 2 aromatic rings. The number of hydrogen-bond acceptors (Lipinski definition) is 4. The summed E-state index contributed by atoms with van der Waals surface area (Å²) in [5.41, 5.74) is 1.45. The van der Waals surface area contributed by atoms with Gasteiger partial charge in [-0.25, -0.2) is 13.6 Å². The fourth-order valence-electron chi connectivity index (χ4n) is 4.03. The van der Waals surface area contributed by atoms with Crippen LogP contribution in [0.3, 0.4) is 0 Å². The molecule has 0 radical (unpaired) electrons. The molecule has 0 unspecified atom stereocenters. The second-order valence-corrected chi connectivity index (χ2v) is 7.97. The third-order valence-electron chi connectivity index (χ3n) is 5.60. The smallest absolute Gasteiger partial charge is 0.412 e. The molecule has 1 aliphatic carbocycles. The molecule has 1 saturated heterocycles. The molecule has 0 bridgehead atoms. The Bertz CT molecular complexity index is 1030. The summed E-state index contributed by atoms with van der Waals surface area (Å²) < 4.78 is 38.8. The van der Waals surface area contributed by atoms with Crippen molar-refractivity contribution in [2.24, 2.45) is 0 Å². The van der Waals surface area contributed by atoms with Gasteiger partial charge in [0, 0.05) is 30.3 Å². The largest absolute Gasteiger partial charge is 0.419 e. The molecule has 1 aliphatic heterocycles. The highest BCUT2D eigenvalue weighted by molar-refractivity contribution is 6.31. The first-order valence-corrected chi connectivity index (χ1v) is 10.4. The van der Waals surface area contributed by atoms with Gasteiger partial charge in [-0.2, -0.15) is 0 Å². The molecule has 0 spiro atoms. The van der Waals surface area contributed by atoms with Crippen LogP contribution in [0.1, 0.15) is 46.8 Å². The van der Waals surface area contributed by atoms with Crippen LogP contribution < -0.4 is 5.32 Å². The van der Waals surface area contributed by atoms with Gasteiger partial charge in [0.1, 0.15) is 11.6 Å². The second kappa shape index (κ2) is 8.80. The number of carbonyl (C=O) groups excluding carboxylic acids is 2. The summed E-state index contributed by atoms with van der Waals surface area (Å²) in [5.74, 6) is -1.55. The Balaban J connectivity index is 1.55. The van der Waals surface area contributed by atoms with E-state index in [0.717, 1.165) is 12.5 Å². The standard InChI is InChI=1S/C22H21ClF2N2O4/c1-27(22(29)31-19-3-2-10-30-19)18-9-6-13-14(5-8-17(25)20(13)18)21(28)26-12-4-7-16(24)15(23)11-12/h4-5,7-8,11,18-19H,2-3,6,9-10H2,1H3,(H,26,28)/t18-,19-/m0/s1. The van der Waals surface area contributed by atoms with Gasteiger partial charge >= 0.3 is 6.09 Å². The van der Waals surface area contributed by atoms with E-state index in [9.17, 15) is 18.4 Å². The lowest BCUT2D eigenvalue weighted by atomic mass is 10.0. The van der Waals surface area contributed by atoms with Crippen LogP contribution in [0.15, 0.2) is 30.3 Å². The van der Waals surface area contributed by atoms with Crippen LogP contribution in [0.4, 0.5) is 19.3 Å². The molecule has 9 heteroatoms. The van der Waals surface area contributed by atoms with Crippen molar-refractivity contribution in [3.63, 3.8) is 0 Å². The van der Waals surface area contributed by atoms with E-state index in [1.165, 1.54) is 29.2 Å². The number of halogens is 3. The Kier molecular flexibility index (Phi) is 6.11. The highest BCUT2D eigenvalue weighted by Crippen LogP contribution is 2.39. The van der Waals surface area contributed by atoms with E-state index < -0.39 is 36.0 Å². The Morgan fingerprint density at radius 1 is 1.19 bits per heavy atom. The van der Waals surface area contributed by atoms with Gasteiger partial charge in [0.05, 0.1) is 17.7 Å². The molecular weight excluding hydrogens is 430 g/mol. The predicted molar refractivity (Wildman–Crippen MR) is 110 cm³/mol. The van der Waals surface area contributed by atoms with Gasteiger partial charge < -0.3 is 19.7 Å². The maximum Gasteiger partial charge on any atom is 0.412 e. The number of carbonyl (C=O) groups is 2. The van der Waals surface area contributed by atoms with Crippen molar-refractivity contribution in [3.05, 3.63) is 63.7 Å². The van der Waals surface area contributed by atoms with Crippen LogP contribution in [0.25, 0.3) is 0 Å². The van der Waals surface area contributed by atoms with Crippen molar-refractivity contribution in [3.8, 4) is 0 Å². The first-order valence-electron chi connectivity index (χ1n) is 9.98. The SMILES string of the molecule is CN(C(=O)O[C@H]1CCCO1)[C@H]1CCc2c(C(=O)Nc3ccc(F)c(Cl)c3)ccc(F)c21. The molecule has 0 saturated carbocycles. The molecule has 2 aliphatic rings. The van der Waals surface area contributed by atoms with E-state index in [-0.39, 0.29) is 5.02 Å². The summed E-state index contributed by atoms with van der Waals surface area (Å²) in [6.45, 7) is 0.542. The minimum absolute atomic E-state index is 0.117. The molecule has 4 rings (SSSR count). The summed E-state index contributed by atoms with van der Waals surface area (Å²) in [4.78, 5) is 26.7. The molecule has 2 atom stereocenters. The van der Waals surface area contributed by atoms with E-state index in [1.807, 2.05) is 0 Å². The Hall–Kier alpha value is -2.71. The fraction of sp³-hybridized carbons (Fsp3) is 0.364. The monoisotopic (exact) mass is 450 g/mol. The van der Waals surface area contributed by atoms with Gasteiger partial charge in [-0.05, 0) is 55.2 Å². The van der Waals surface area contributed by atoms with Crippen LogP contribution >= 0.6 is 11.6 Å². The number of anilines is 1. The minimum atomic E-state index is -0.597. The molecule has 2 amide bonds. The molecule has 1 fully saturated rings. The Morgan fingerprint density at radius 2 is 1.97 bits per heavy atom. The summed E-state index contributed by atoms with van der Waals surface area (Å²) in [5, 5.41) is 2.54. The summed E-state index contributed by atoms with van der Waals surface area (Å²) in [6, 6.07) is 5.90. The fourth-order valence-corrected chi connectivity index (χ4v) is 4.21. The molecule has 0 aromatic heterocycles. The van der Waals surface area contributed by atoms with Crippen LogP contribution in [-0.4, -0.2) is 36.8 Å². The molecule has 1 N–H and O–H groups in total. The van der Waals surface area contributed by atoms with Crippen molar-refractivity contribution < 1.29 is 27.8 Å². The number of fused-ring (bicyclic) bond motifs is 1. The number of nitrogens with one attached hydrogen (secondary N) is 1. The lowest BCUT2D eigenvalue weighted by Gasteiger charge is -2.26. The summed E-state index contributed by atoms with van der Waals surface area (Å²) in [7, 11) is 1.55. The minimum Gasteiger partial charge on any atom is -0.419 e. The number of rotatable bonds is 4. The highest BCUT2D eigenvalue weighted by Gasteiger charge is 2.35. The van der Waals surface area contributed by atoms with Gasteiger partial charge in [0.15, 0.2) is 0 Å². The van der Waals surface area contributed by atoms with Gasteiger partial charge in [-0.1, -0.05) is 11.6 Å². The van der Waals surface area contributed by atoms with Gasteiger partial charge in [0.2, 0.25) is 6.29 Å². The van der Waals surface area contributed by atoms with E-state index >= 15 is 0 Å². The highest BCUT2D eigenvalue weighted by atomic mass is 35.5. The van der Waals surface area contributed by atoms with Crippen molar-refractivity contribution in [1.29, 1.82) is 0 Å². The van der Waals surface area contributed by atoms with Crippen LogP contribution in [0.5, 0.6) is 0 Å². The molecule has 2 aromatic carbocycles. The van der Waals surface area contributed by atoms with E-state index in [2.05, 4.69) is 5.32 Å². The van der Waals surface area contributed by atoms with Gasteiger partial charge in [0.25, 0.3) is 5.91 Å². The quantitative estimate of drug-likeness (QED) is 0.706. The zero-order chi connectivity index (χ0) is 22.1. The van der Waals surface area contributed by atoms with Gasteiger partial charge in [-0.15, -0.1) is 0 Å². The molecule has 1 heterocycles. The van der Waals surface area contributed by atoms with Crippen molar-refractivity contribution in [1.82, 2.24) is 4.90 Å². The Morgan fingerprint density at radius 3 is 2.68 bits per heavy atom. The van der Waals surface area contributed by atoms with Crippen molar-refractivity contribution in [2.75, 3.05) is 19.0 Å². The lowest BCUT2D eigenvalue weighted by molar-refractivity contribution is -0.0791. The van der Waals surface area contributed by atoms with Gasteiger partial charge in [-0.3, -0.25) is 4.79 Å². The maximum absolute atomic E-state index is 14.7. The first kappa shape index (κ1) is 21.5. The third kappa shape index (κ3) is 4.36. The van der Waals surface area contributed by atoms with E-state index in [1.54, 1.807) is 7.05 Å². The van der Waals surface area contributed by atoms with Crippen LogP contribution in [-0.2, 0) is 15.9 Å². The van der Waals surface area contributed by atoms with Crippen LogP contribution in [0.2, 0.25) is 5.02 Å². The summed E-state index contributed by atoms with van der Waals surface area (Å²) in [6.07, 6.45) is 1.14. The van der Waals surface area contributed by atoms with E-state index in [4.69, 9.17) is 21.1 Å². The topological polar surface area (TPSA) is 67.9 Å². The molecular formula is C22H21ClF2N2O4. The lowest BCUT2D eigenvalue weighted by Crippen LogP contribution is -2.33. The van der Waals surface area contributed by atoms with Crippen LogP contribution in [0, 0.1) is 11.6 Å². The number of benzene rings is 2. The average Bonchev–Trinajstić information content (AvgIpc) is 3.41. The predicted octanol–water partition coefficient (Wildman–Crippen LogP) is 5.06. The van der Waals surface area contributed by atoms with Crippen molar-refractivity contribution in [2.45, 2.75) is 38.0 Å². The van der Waals surface area contributed by atoms with E-state index in [0.29, 0.717) is 48.2 Å². The second-order valence-electron chi connectivity index (χ2n) is 7.56. The average molecular weight is 451 g/mol.